The van der Waals surface area contributed by atoms with Gasteiger partial charge in [-0.2, -0.15) is 0 Å². The molecule has 0 unspecified atom stereocenters. The molecule has 1 aromatic heterocycles. The minimum absolute atomic E-state index is 0.0509. The first-order chi connectivity index (χ1) is 7.99. The normalized spacial score (nSPS) is 10.5. The van der Waals surface area contributed by atoms with E-state index in [0.717, 1.165) is 0 Å². The number of H-pyrrole nitrogens is 1. The second kappa shape index (κ2) is 4.18. The molecule has 0 spiro atoms. The van der Waals surface area contributed by atoms with Gasteiger partial charge in [-0.15, -0.1) is 0 Å². The second-order valence-electron chi connectivity index (χ2n) is 3.48. The van der Waals surface area contributed by atoms with Crippen LogP contribution in [0.15, 0.2) is 18.2 Å². The average Bonchev–Trinajstić information content (AvgIpc) is 2.64. The SMILES string of the molecule is Cc1nc(-c2cc(Cl)ccc2F)c(C(=O)O)[nH]1. The first-order valence-corrected chi connectivity index (χ1v) is 5.12. The monoisotopic (exact) mass is 254 g/mol. The van der Waals surface area contributed by atoms with Crippen molar-refractivity contribution in [2.24, 2.45) is 0 Å². The third-order valence-electron chi connectivity index (χ3n) is 2.22. The molecule has 0 aliphatic rings. The van der Waals surface area contributed by atoms with Crippen molar-refractivity contribution in [3.63, 3.8) is 0 Å². The summed E-state index contributed by atoms with van der Waals surface area (Å²) in [5.74, 6) is -1.36. The molecule has 0 aliphatic heterocycles. The van der Waals surface area contributed by atoms with Crippen LogP contribution in [0, 0.1) is 12.7 Å². The average molecular weight is 255 g/mol. The maximum Gasteiger partial charge on any atom is 0.354 e. The number of nitrogens with one attached hydrogen (secondary N) is 1. The highest BCUT2D eigenvalue weighted by molar-refractivity contribution is 6.30. The van der Waals surface area contributed by atoms with E-state index >= 15 is 0 Å². The van der Waals surface area contributed by atoms with Crippen molar-refractivity contribution in [1.29, 1.82) is 0 Å². The van der Waals surface area contributed by atoms with Crippen LogP contribution >= 0.6 is 11.6 Å². The van der Waals surface area contributed by atoms with Crippen LogP contribution in [0.5, 0.6) is 0 Å². The number of nitrogens with zero attached hydrogens (tertiary/aromatic N) is 1. The lowest BCUT2D eigenvalue weighted by molar-refractivity contribution is 0.0692. The number of aromatic amines is 1. The lowest BCUT2D eigenvalue weighted by atomic mass is 10.1. The first kappa shape index (κ1) is 11.6. The van der Waals surface area contributed by atoms with Crippen molar-refractivity contribution in [3.05, 3.63) is 40.6 Å². The molecular weight excluding hydrogens is 247 g/mol. The molecule has 4 nitrogen and oxygen atoms in total. The van der Waals surface area contributed by atoms with Crippen LogP contribution in [0.1, 0.15) is 16.3 Å². The predicted octanol–water partition coefficient (Wildman–Crippen LogP) is 2.88. The van der Waals surface area contributed by atoms with Gasteiger partial charge in [0.15, 0.2) is 5.69 Å². The number of aromatic nitrogens is 2. The van der Waals surface area contributed by atoms with Gasteiger partial charge < -0.3 is 10.1 Å². The number of halogens is 2. The van der Waals surface area contributed by atoms with Gasteiger partial charge in [-0.05, 0) is 25.1 Å². The lowest BCUT2D eigenvalue weighted by Crippen LogP contribution is -2.00. The predicted molar refractivity (Wildman–Crippen MR) is 60.7 cm³/mol. The zero-order chi connectivity index (χ0) is 12.6. The number of rotatable bonds is 2. The highest BCUT2D eigenvalue weighted by atomic mass is 35.5. The Morgan fingerprint density at radius 1 is 1.53 bits per heavy atom. The Balaban J connectivity index is 2.67. The lowest BCUT2D eigenvalue weighted by Gasteiger charge is -2.01. The smallest absolute Gasteiger partial charge is 0.354 e. The van der Waals surface area contributed by atoms with E-state index in [1.165, 1.54) is 18.2 Å². The summed E-state index contributed by atoms with van der Waals surface area (Å²) in [7, 11) is 0. The van der Waals surface area contributed by atoms with E-state index in [1.807, 2.05) is 0 Å². The van der Waals surface area contributed by atoms with Crippen molar-refractivity contribution < 1.29 is 14.3 Å². The van der Waals surface area contributed by atoms with E-state index in [-0.39, 0.29) is 17.0 Å². The minimum Gasteiger partial charge on any atom is -0.477 e. The molecule has 1 heterocycles. The Hall–Kier alpha value is -1.88. The van der Waals surface area contributed by atoms with Crippen LogP contribution in [-0.2, 0) is 0 Å². The van der Waals surface area contributed by atoms with Gasteiger partial charge in [0.05, 0.1) is 0 Å². The summed E-state index contributed by atoms with van der Waals surface area (Å²) in [6, 6.07) is 3.91. The molecular formula is C11H8ClFN2O2. The van der Waals surface area contributed by atoms with Gasteiger partial charge in [-0.25, -0.2) is 14.2 Å². The van der Waals surface area contributed by atoms with Crippen molar-refractivity contribution in [2.75, 3.05) is 0 Å². The van der Waals surface area contributed by atoms with Gasteiger partial charge >= 0.3 is 5.97 Å². The molecule has 6 heteroatoms. The fraction of sp³-hybridized carbons (Fsp3) is 0.0909. The van der Waals surface area contributed by atoms with Gasteiger partial charge in [0, 0.05) is 10.6 Å². The summed E-state index contributed by atoms with van der Waals surface area (Å²) in [6.07, 6.45) is 0. The molecule has 0 atom stereocenters. The summed E-state index contributed by atoms with van der Waals surface area (Å²) in [4.78, 5) is 17.5. The van der Waals surface area contributed by atoms with E-state index in [9.17, 15) is 9.18 Å². The summed E-state index contributed by atoms with van der Waals surface area (Å²) < 4.78 is 13.6. The van der Waals surface area contributed by atoms with Crippen LogP contribution in [-0.4, -0.2) is 21.0 Å². The molecule has 1 aromatic carbocycles. The number of carbonyl (C=O) groups is 1. The summed E-state index contributed by atoms with van der Waals surface area (Å²) in [5, 5.41) is 9.29. The summed E-state index contributed by atoms with van der Waals surface area (Å²) in [6.45, 7) is 1.60. The van der Waals surface area contributed by atoms with E-state index in [1.54, 1.807) is 6.92 Å². The van der Waals surface area contributed by atoms with Crippen LogP contribution in [0.25, 0.3) is 11.3 Å². The maximum atomic E-state index is 13.6. The Morgan fingerprint density at radius 3 is 2.88 bits per heavy atom. The fourth-order valence-corrected chi connectivity index (χ4v) is 1.69. The van der Waals surface area contributed by atoms with E-state index in [2.05, 4.69) is 9.97 Å². The summed E-state index contributed by atoms with van der Waals surface area (Å²) in [5.41, 5.74) is -0.0297. The number of benzene rings is 1. The molecule has 0 saturated carbocycles. The zero-order valence-corrected chi connectivity index (χ0v) is 9.55. The van der Waals surface area contributed by atoms with E-state index in [4.69, 9.17) is 16.7 Å². The van der Waals surface area contributed by atoms with Crippen molar-refractivity contribution in [1.82, 2.24) is 9.97 Å². The van der Waals surface area contributed by atoms with E-state index < -0.39 is 11.8 Å². The number of aromatic carboxylic acids is 1. The molecule has 0 saturated heterocycles. The van der Waals surface area contributed by atoms with Crippen molar-refractivity contribution in [3.8, 4) is 11.3 Å². The number of hydrogen-bond donors (Lipinski definition) is 2. The summed E-state index contributed by atoms with van der Waals surface area (Å²) >= 11 is 5.75. The quantitative estimate of drug-likeness (QED) is 0.866. The number of aryl methyl sites for hydroxylation is 1. The molecule has 2 N–H and O–H groups in total. The molecule has 88 valence electrons. The first-order valence-electron chi connectivity index (χ1n) is 4.74. The molecule has 0 fully saturated rings. The van der Waals surface area contributed by atoms with Crippen LogP contribution in [0.2, 0.25) is 5.02 Å². The number of carboxylic acids is 1. The Kier molecular flexibility index (Phi) is 2.85. The standard InChI is InChI=1S/C11H8ClFN2O2/c1-5-14-9(10(15-5)11(16)17)7-4-6(12)2-3-8(7)13/h2-4H,1H3,(H,14,15)(H,16,17). The number of carboxylic acid groups (broad SMARTS) is 1. The van der Waals surface area contributed by atoms with Gasteiger partial charge in [-0.3, -0.25) is 0 Å². The molecule has 2 aromatic rings. The van der Waals surface area contributed by atoms with Gasteiger partial charge in [0.2, 0.25) is 0 Å². The fourth-order valence-electron chi connectivity index (χ4n) is 1.52. The molecule has 0 aliphatic carbocycles. The van der Waals surface area contributed by atoms with Crippen molar-refractivity contribution >= 4 is 17.6 Å². The maximum absolute atomic E-state index is 13.6. The topological polar surface area (TPSA) is 66.0 Å². The molecule has 0 radical (unpaired) electrons. The minimum atomic E-state index is -1.19. The van der Waals surface area contributed by atoms with Crippen LogP contribution in [0.3, 0.4) is 0 Å². The zero-order valence-electron chi connectivity index (χ0n) is 8.79. The second-order valence-corrected chi connectivity index (χ2v) is 3.91. The highest BCUT2D eigenvalue weighted by Gasteiger charge is 2.19. The highest BCUT2D eigenvalue weighted by Crippen LogP contribution is 2.27. The van der Waals surface area contributed by atoms with Crippen molar-refractivity contribution in [2.45, 2.75) is 6.92 Å². The Bertz CT molecular complexity index is 595. The van der Waals surface area contributed by atoms with Crippen LogP contribution < -0.4 is 0 Å². The van der Waals surface area contributed by atoms with Gasteiger partial charge in [-0.1, -0.05) is 11.6 Å². The third kappa shape index (κ3) is 2.14. The van der Waals surface area contributed by atoms with E-state index in [0.29, 0.717) is 10.8 Å². The van der Waals surface area contributed by atoms with Gasteiger partial charge in [0.1, 0.15) is 17.3 Å². The Morgan fingerprint density at radius 2 is 2.24 bits per heavy atom. The van der Waals surface area contributed by atoms with Crippen LogP contribution in [0.4, 0.5) is 4.39 Å². The largest absolute Gasteiger partial charge is 0.477 e. The van der Waals surface area contributed by atoms with Gasteiger partial charge in [0.25, 0.3) is 0 Å². The molecule has 2 rings (SSSR count). The Labute approximate surface area is 101 Å². The molecule has 17 heavy (non-hydrogen) atoms. The molecule has 0 amide bonds. The number of hydrogen-bond acceptors (Lipinski definition) is 2. The third-order valence-corrected chi connectivity index (χ3v) is 2.45. The molecule has 0 bridgehead atoms. The number of imidazole rings is 1.